The highest BCUT2D eigenvalue weighted by atomic mass is 19.4. The number of aromatic nitrogens is 2. The molecule has 0 spiro atoms. The molecule has 1 saturated heterocycles. The lowest BCUT2D eigenvalue weighted by Crippen LogP contribution is -2.36. The van der Waals surface area contributed by atoms with E-state index in [4.69, 9.17) is 4.74 Å². The van der Waals surface area contributed by atoms with Crippen LogP contribution in [0.4, 0.5) is 24.7 Å². The second-order valence-electron chi connectivity index (χ2n) is 10.5. The summed E-state index contributed by atoms with van der Waals surface area (Å²) >= 11 is 0. The van der Waals surface area contributed by atoms with Crippen LogP contribution in [0.5, 0.6) is 0 Å². The van der Waals surface area contributed by atoms with Crippen molar-refractivity contribution in [3.8, 4) is 0 Å². The van der Waals surface area contributed by atoms with Gasteiger partial charge >= 0.3 is 6.18 Å². The molecular weight excluding hydrogens is 547 g/mol. The Kier molecular flexibility index (Phi) is 7.05. The van der Waals surface area contributed by atoms with Gasteiger partial charge in [-0.05, 0) is 55.3 Å². The molecule has 2 aliphatic rings. The summed E-state index contributed by atoms with van der Waals surface area (Å²) in [5.74, 6) is -0.409. The monoisotopic (exact) mass is 575 g/mol. The maximum Gasteiger partial charge on any atom is 0.416 e. The van der Waals surface area contributed by atoms with E-state index in [1.165, 1.54) is 13.0 Å². The molecule has 6 rings (SSSR count). The molecular formula is C31H28F3N5O3. The number of carbonyl (C=O) groups excluding carboxylic acids is 2. The Morgan fingerprint density at radius 3 is 2.29 bits per heavy atom. The quantitative estimate of drug-likeness (QED) is 0.293. The third-order valence-electron chi connectivity index (χ3n) is 7.90. The van der Waals surface area contributed by atoms with Gasteiger partial charge in [-0.25, -0.2) is 0 Å². The maximum atomic E-state index is 13.6. The number of nitrogens with zero attached hydrogens (tertiary/aromatic N) is 4. The lowest BCUT2D eigenvalue weighted by Gasteiger charge is -2.29. The predicted molar refractivity (Wildman–Crippen MR) is 151 cm³/mol. The number of alkyl halides is 3. The number of fused-ring (bicyclic) bond motifs is 2. The van der Waals surface area contributed by atoms with E-state index < -0.39 is 29.6 Å². The van der Waals surface area contributed by atoms with Crippen molar-refractivity contribution in [3.05, 3.63) is 94.2 Å². The molecule has 0 aliphatic carbocycles. The number of carbonyl (C=O) groups is 2. The minimum absolute atomic E-state index is 0.0741. The van der Waals surface area contributed by atoms with Gasteiger partial charge in [0.25, 0.3) is 11.8 Å². The second kappa shape index (κ2) is 10.7. The lowest BCUT2D eigenvalue weighted by atomic mass is 9.97. The van der Waals surface area contributed by atoms with E-state index in [-0.39, 0.29) is 12.1 Å². The van der Waals surface area contributed by atoms with Crippen LogP contribution in [0.15, 0.2) is 60.7 Å². The summed E-state index contributed by atoms with van der Waals surface area (Å²) in [6.45, 7) is 5.75. The number of imide groups is 1. The van der Waals surface area contributed by atoms with E-state index >= 15 is 0 Å². The van der Waals surface area contributed by atoms with Gasteiger partial charge in [0, 0.05) is 29.5 Å². The van der Waals surface area contributed by atoms with Gasteiger partial charge in [-0.15, -0.1) is 5.10 Å². The van der Waals surface area contributed by atoms with E-state index in [0.717, 1.165) is 16.7 Å². The second-order valence-corrected chi connectivity index (χ2v) is 10.5. The summed E-state index contributed by atoms with van der Waals surface area (Å²) in [5.41, 5.74) is 1.99. The fourth-order valence-electron chi connectivity index (χ4n) is 5.68. The number of nitrogens with one attached hydrogen (secondary N) is 1. The molecule has 216 valence electrons. The van der Waals surface area contributed by atoms with Crippen molar-refractivity contribution in [1.82, 2.24) is 15.1 Å². The van der Waals surface area contributed by atoms with Gasteiger partial charge in [0.05, 0.1) is 48.2 Å². The van der Waals surface area contributed by atoms with Gasteiger partial charge in [0.2, 0.25) is 0 Å². The Hall–Kier alpha value is -4.51. The standard InChI is InChI=1S/C31H28F3N5O3/c1-18-21(8-5-9-26(18)31(32,33)34)19(2)35-28-25-16-20(38-12-14-42-15-13-38)10-11-22(25)27(36-37-28)17-39-29(40)23-6-3-4-7-24(23)30(39)41/h3-11,16,19H,12-15,17H2,1-2H3,(H,35,37). The number of hydrogen-bond donors (Lipinski definition) is 1. The van der Waals surface area contributed by atoms with E-state index in [1.54, 1.807) is 37.3 Å². The zero-order valence-electron chi connectivity index (χ0n) is 23.0. The molecule has 1 atom stereocenters. The Bertz CT molecular complexity index is 1670. The topological polar surface area (TPSA) is 87.7 Å². The van der Waals surface area contributed by atoms with Crippen LogP contribution in [0.3, 0.4) is 0 Å². The molecule has 0 bridgehead atoms. The Morgan fingerprint density at radius 2 is 1.62 bits per heavy atom. The molecule has 3 aromatic carbocycles. The summed E-state index contributed by atoms with van der Waals surface area (Å²) in [6, 6.07) is 16.1. The largest absolute Gasteiger partial charge is 0.416 e. The van der Waals surface area contributed by atoms with Crippen molar-refractivity contribution in [2.45, 2.75) is 32.6 Å². The molecule has 1 unspecified atom stereocenters. The van der Waals surface area contributed by atoms with Crippen LogP contribution in [0.1, 0.15) is 56.1 Å². The number of anilines is 2. The Labute approximate surface area is 240 Å². The SMILES string of the molecule is Cc1c(C(C)Nc2nnc(CN3C(=O)c4ccccc4C3=O)c3ccc(N4CCOCC4)cc23)cccc1C(F)(F)F. The van der Waals surface area contributed by atoms with Crippen molar-refractivity contribution in [2.24, 2.45) is 0 Å². The van der Waals surface area contributed by atoms with Gasteiger partial charge in [-0.3, -0.25) is 14.5 Å². The minimum Gasteiger partial charge on any atom is -0.378 e. The smallest absolute Gasteiger partial charge is 0.378 e. The van der Waals surface area contributed by atoms with Crippen LogP contribution in [0, 0.1) is 6.92 Å². The number of benzene rings is 3. The lowest BCUT2D eigenvalue weighted by molar-refractivity contribution is -0.138. The van der Waals surface area contributed by atoms with Crippen LogP contribution >= 0.6 is 0 Å². The molecule has 3 heterocycles. The van der Waals surface area contributed by atoms with Crippen molar-refractivity contribution >= 4 is 34.1 Å². The molecule has 42 heavy (non-hydrogen) atoms. The van der Waals surface area contributed by atoms with Crippen LogP contribution < -0.4 is 10.2 Å². The highest BCUT2D eigenvalue weighted by Gasteiger charge is 2.36. The first-order valence-electron chi connectivity index (χ1n) is 13.6. The molecule has 8 nitrogen and oxygen atoms in total. The highest BCUT2D eigenvalue weighted by molar-refractivity contribution is 6.21. The molecule has 4 aromatic rings. The molecule has 0 radical (unpaired) electrons. The van der Waals surface area contributed by atoms with E-state index in [9.17, 15) is 22.8 Å². The van der Waals surface area contributed by atoms with E-state index in [2.05, 4.69) is 20.4 Å². The van der Waals surface area contributed by atoms with E-state index in [1.807, 2.05) is 18.2 Å². The molecule has 1 fully saturated rings. The van der Waals surface area contributed by atoms with Crippen molar-refractivity contribution < 1.29 is 27.5 Å². The Balaban J connectivity index is 1.38. The van der Waals surface area contributed by atoms with Gasteiger partial charge in [-0.2, -0.15) is 18.3 Å². The Morgan fingerprint density at radius 1 is 0.929 bits per heavy atom. The van der Waals surface area contributed by atoms with Crippen LogP contribution in [-0.4, -0.2) is 53.2 Å². The first kappa shape index (κ1) is 27.6. The number of amides is 2. The molecule has 2 amide bonds. The molecule has 0 saturated carbocycles. The first-order valence-corrected chi connectivity index (χ1v) is 13.6. The fourth-order valence-corrected chi connectivity index (χ4v) is 5.68. The third kappa shape index (κ3) is 4.94. The average Bonchev–Trinajstić information content (AvgIpc) is 3.22. The van der Waals surface area contributed by atoms with Gasteiger partial charge in [0.15, 0.2) is 5.82 Å². The first-order chi connectivity index (χ1) is 20.1. The molecule has 2 aliphatic heterocycles. The summed E-state index contributed by atoms with van der Waals surface area (Å²) in [4.78, 5) is 29.4. The zero-order chi connectivity index (χ0) is 29.6. The summed E-state index contributed by atoms with van der Waals surface area (Å²) in [5, 5.41) is 13.4. The van der Waals surface area contributed by atoms with Crippen LogP contribution in [0.25, 0.3) is 10.8 Å². The number of hydrogen-bond acceptors (Lipinski definition) is 7. The predicted octanol–water partition coefficient (Wildman–Crippen LogP) is 5.76. The molecule has 1 N–H and O–H groups in total. The van der Waals surface area contributed by atoms with Crippen molar-refractivity contribution in [2.75, 3.05) is 36.5 Å². The number of morpholine rings is 1. The van der Waals surface area contributed by atoms with Crippen molar-refractivity contribution in [1.29, 1.82) is 0 Å². The fraction of sp³-hybridized carbons (Fsp3) is 0.290. The summed E-state index contributed by atoms with van der Waals surface area (Å²) in [7, 11) is 0. The summed E-state index contributed by atoms with van der Waals surface area (Å²) in [6.07, 6.45) is -4.47. The van der Waals surface area contributed by atoms with Crippen LogP contribution in [-0.2, 0) is 17.5 Å². The average molecular weight is 576 g/mol. The third-order valence-corrected chi connectivity index (χ3v) is 7.90. The van der Waals surface area contributed by atoms with Crippen LogP contribution in [0.2, 0.25) is 0 Å². The molecule has 1 aromatic heterocycles. The zero-order valence-corrected chi connectivity index (χ0v) is 23.0. The maximum absolute atomic E-state index is 13.6. The number of ether oxygens (including phenoxy) is 1. The summed E-state index contributed by atoms with van der Waals surface area (Å²) < 4.78 is 46.3. The minimum atomic E-state index is -4.47. The van der Waals surface area contributed by atoms with Gasteiger partial charge < -0.3 is 15.0 Å². The molecule has 11 heteroatoms. The number of rotatable bonds is 6. The van der Waals surface area contributed by atoms with E-state index in [0.29, 0.717) is 65.3 Å². The number of halogens is 3. The van der Waals surface area contributed by atoms with Gasteiger partial charge in [0.1, 0.15) is 0 Å². The van der Waals surface area contributed by atoms with Gasteiger partial charge in [-0.1, -0.05) is 30.3 Å². The van der Waals surface area contributed by atoms with Crippen molar-refractivity contribution in [3.63, 3.8) is 0 Å². The normalized spacial score (nSPS) is 16.2. The highest BCUT2D eigenvalue weighted by Crippen LogP contribution is 2.36.